The maximum atomic E-state index is 14.2. The molecular weight excluding hydrogens is 361 g/mol. The second kappa shape index (κ2) is 7.22. The number of aromatic nitrogens is 4. The lowest BCUT2D eigenvalue weighted by atomic mass is 10.1. The van der Waals surface area contributed by atoms with E-state index in [-0.39, 0.29) is 5.75 Å². The van der Waals surface area contributed by atoms with Gasteiger partial charge in [0, 0.05) is 35.5 Å². The highest BCUT2D eigenvalue weighted by molar-refractivity contribution is 5.98. The molecule has 0 saturated carbocycles. The molecule has 3 aromatic heterocycles. The zero-order chi connectivity index (χ0) is 19.7. The molecule has 0 spiro atoms. The van der Waals surface area contributed by atoms with Crippen molar-refractivity contribution < 1.29 is 13.7 Å². The summed E-state index contributed by atoms with van der Waals surface area (Å²) in [6.07, 6.45) is 2.28. The highest BCUT2D eigenvalue weighted by atomic mass is 19.1. The number of rotatable bonds is 5. The van der Waals surface area contributed by atoms with E-state index in [1.807, 2.05) is 26.0 Å². The third-order valence-electron chi connectivity index (χ3n) is 4.30. The average Bonchev–Trinajstić information content (AvgIpc) is 3.17. The third kappa shape index (κ3) is 3.24. The summed E-state index contributed by atoms with van der Waals surface area (Å²) in [5, 5.41) is 7.97. The Kier molecular flexibility index (Phi) is 4.60. The molecule has 28 heavy (non-hydrogen) atoms. The standard InChI is InChI=1S/C20H18FN5O2/c1-4-17-25-20(28-26-17)14-10-22-19-13(7-5-11(2)23-19)18(14)24-12-6-8-16(27-3)15(21)9-12/h5-10H,4H2,1-3H3,(H,22,23,24). The molecule has 0 amide bonds. The average molecular weight is 379 g/mol. The van der Waals surface area contributed by atoms with Crippen molar-refractivity contribution in [1.82, 2.24) is 20.1 Å². The van der Waals surface area contributed by atoms with E-state index < -0.39 is 5.82 Å². The fraction of sp³-hybridized carbons (Fsp3) is 0.200. The van der Waals surface area contributed by atoms with Crippen molar-refractivity contribution in [1.29, 1.82) is 0 Å². The van der Waals surface area contributed by atoms with Crippen molar-refractivity contribution in [3.63, 3.8) is 0 Å². The molecule has 0 fully saturated rings. The first-order valence-corrected chi connectivity index (χ1v) is 8.79. The second-order valence-electron chi connectivity index (χ2n) is 6.21. The Bertz CT molecular complexity index is 1160. The molecule has 0 atom stereocenters. The monoisotopic (exact) mass is 379 g/mol. The van der Waals surface area contributed by atoms with Gasteiger partial charge in [0.25, 0.3) is 5.89 Å². The van der Waals surface area contributed by atoms with Crippen LogP contribution in [-0.4, -0.2) is 27.2 Å². The molecule has 0 aliphatic heterocycles. The van der Waals surface area contributed by atoms with Crippen molar-refractivity contribution in [3.05, 3.63) is 53.9 Å². The number of hydrogen-bond donors (Lipinski definition) is 1. The third-order valence-corrected chi connectivity index (χ3v) is 4.30. The molecule has 1 N–H and O–H groups in total. The lowest BCUT2D eigenvalue weighted by Crippen LogP contribution is -1.99. The molecular formula is C20H18FN5O2. The van der Waals surface area contributed by atoms with Crippen LogP contribution in [0, 0.1) is 12.7 Å². The topological polar surface area (TPSA) is 86.0 Å². The van der Waals surface area contributed by atoms with Crippen LogP contribution in [0.2, 0.25) is 0 Å². The quantitative estimate of drug-likeness (QED) is 0.548. The molecule has 0 radical (unpaired) electrons. The van der Waals surface area contributed by atoms with Crippen LogP contribution in [0.4, 0.5) is 15.8 Å². The van der Waals surface area contributed by atoms with E-state index in [9.17, 15) is 4.39 Å². The zero-order valence-electron chi connectivity index (χ0n) is 15.7. The Labute approximate surface area is 160 Å². The van der Waals surface area contributed by atoms with Crippen molar-refractivity contribution >= 4 is 22.4 Å². The van der Waals surface area contributed by atoms with E-state index in [1.54, 1.807) is 18.3 Å². The first-order valence-electron chi connectivity index (χ1n) is 8.79. The minimum absolute atomic E-state index is 0.173. The number of nitrogens with zero attached hydrogens (tertiary/aromatic N) is 4. The summed E-state index contributed by atoms with van der Waals surface area (Å²) in [7, 11) is 1.43. The SMILES string of the molecule is CCc1noc(-c2cnc3nc(C)ccc3c2Nc2ccc(OC)c(F)c2)n1. The minimum Gasteiger partial charge on any atom is -0.494 e. The summed E-state index contributed by atoms with van der Waals surface area (Å²) >= 11 is 0. The molecule has 0 aliphatic rings. The van der Waals surface area contributed by atoms with Gasteiger partial charge in [-0.1, -0.05) is 12.1 Å². The van der Waals surface area contributed by atoms with E-state index in [0.29, 0.717) is 40.7 Å². The summed E-state index contributed by atoms with van der Waals surface area (Å²) in [5.41, 5.74) is 3.23. The number of pyridine rings is 2. The van der Waals surface area contributed by atoms with E-state index in [4.69, 9.17) is 9.26 Å². The van der Waals surface area contributed by atoms with Gasteiger partial charge in [-0.15, -0.1) is 0 Å². The molecule has 1 aromatic carbocycles. The highest BCUT2D eigenvalue weighted by Gasteiger charge is 2.18. The smallest absolute Gasteiger partial charge is 0.261 e. The number of halogens is 1. The molecule has 0 unspecified atom stereocenters. The molecule has 0 aliphatic carbocycles. The Balaban J connectivity index is 1.87. The number of hydrogen-bond acceptors (Lipinski definition) is 7. The van der Waals surface area contributed by atoms with Crippen molar-refractivity contribution in [3.8, 4) is 17.2 Å². The van der Waals surface area contributed by atoms with Gasteiger partial charge in [0.05, 0.1) is 18.4 Å². The van der Waals surface area contributed by atoms with Gasteiger partial charge in [0.2, 0.25) is 0 Å². The zero-order valence-corrected chi connectivity index (χ0v) is 15.7. The van der Waals surface area contributed by atoms with Gasteiger partial charge in [-0.3, -0.25) is 0 Å². The fourth-order valence-electron chi connectivity index (χ4n) is 2.86. The first kappa shape index (κ1) is 17.8. The van der Waals surface area contributed by atoms with Crippen molar-refractivity contribution in [2.75, 3.05) is 12.4 Å². The number of ether oxygens (including phenoxy) is 1. The Morgan fingerprint density at radius 3 is 2.75 bits per heavy atom. The van der Waals surface area contributed by atoms with Crippen molar-refractivity contribution in [2.45, 2.75) is 20.3 Å². The predicted molar refractivity (Wildman–Crippen MR) is 103 cm³/mol. The number of methoxy groups -OCH3 is 1. The largest absolute Gasteiger partial charge is 0.494 e. The maximum absolute atomic E-state index is 14.2. The lowest BCUT2D eigenvalue weighted by Gasteiger charge is -2.13. The van der Waals surface area contributed by atoms with Crippen LogP contribution >= 0.6 is 0 Å². The van der Waals surface area contributed by atoms with E-state index in [2.05, 4.69) is 25.4 Å². The molecule has 0 bridgehead atoms. The highest BCUT2D eigenvalue weighted by Crippen LogP contribution is 2.35. The summed E-state index contributed by atoms with van der Waals surface area (Å²) in [4.78, 5) is 13.3. The number of anilines is 2. The van der Waals surface area contributed by atoms with Crippen LogP contribution in [0.15, 0.2) is 41.1 Å². The molecule has 4 aromatic rings. The Morgan fingerprint density at radius 1 is 1.18 bits per heavy atom. The van der Waals surface area contributed by atoms with Crippen molar-refractivity contribution in [2.24, 2.45) is 0 Å². The summed E-state index contributed by atoms with van der Waals surface area (Å²) in [5.74, 6) is 0.640. The van der Waals surface area contributed by atoms with Gasteiger partial charge in [-0.25, -0.2) is 14.4 Å². The van der Waals surface area contributed by atoms with Gasteiger partial charge in [0.15, 0.2) is 23.0 Å². The summed E-state index contributed by atoms with van der Waals surface area (Å²) in [6, 6.07) is 8.45. The van der Waals surface area contributed by atoms with Crippen LogP contribution in [-0.2, 0) is 6.42 Å². The molecule has 142 valence electrons. The molecule has 7 nitrogen and oxygen atoms in total. The van der Waals surface area contributed by atoms with E-state index in [1.165, 1.54) is 13.2 Å². The van der Waals surface area contributed by atoms with Gasteiger partial charge >= 0.3 is 0 Å². The number of aryl methyl sites for hydroxylation is 2. The van der Waals surface area contributed by atoms with Crippen LogP contribution in [0.3, 0.4) is 0 Å². The lowest BCUT2D eigenvalue weighted by molar-refractivity contribution is 0.386. The van der Waals surface area contributed by atoms with Gasteiger partial charge in [0.1, 0.15) is 0 Å². The maximum Gasteiger partial charge on any atom is 0.261 e. The molecule has 8 heteroatoms. The van der Waals surface area contributed by atoms with Gasteiger partial charge in [-0.2, -0.15) is 4.98 Å². The minimum atomic E-state index is -0.465. The van der Waals surface area contributed by atoms with Crippen LogP contribution in [0.25, 0.3) is 22.5 Å². The first-order chi connectivity index (χ1) is 13.6. The van der Waals surface area contributed by atoms with Gasteiger partial charge < -0.3 is 14.6 Å². The van der Waals surface area contributed by atoms with Gasteiger partial charge in [-0.05, 0) is 31.2 Å². The summed E-state index contributed by atoms with van der Waals surface area (Å²) in [6.45, 7) is 3.84. The summed E-state index contributed by atoms with van der Waals surface area (Å²) < 4.78 is 24.5. The molecule has 4 rings (SSSR count). The Hall–Kier alpha value is -3.55. The molecule has 0 saturated heterocycles. The molecule has 3 heterocycles. The number of fused-ring (bicyclic) bond motifs is 1. The normalized spacial score (nSPS) is 11.0. The van der Waals surface area contributed by atoms with Crippen LogP contribution in [0.5, 0.6) is 5.75 Å². The van der Waals surface area contributed by atoms with E-state index in [0.717, 1.165) is 11.1 Å². The van der Waals surface area contributed by atoms with E-state index >= 15 is 0 Å². The number of benzene rings is 1. The number of nitrogens with one attached hydrogen (secondary N) is 1. The Morgan fingerprint density at radius 2 is 2.04 bits per heavy atom. The fourth-order valence-corrected chi connectivity index (χ4v) is 2.86. The second-order valence-corrected chi connectivity index (χ2v) is 6.21. The van der Waals surface area contributed by atoms with Crippen LogP contribution in [0.1, 0.15) is 18.4 Å². The predicted octanol–water partition coefficient (Wildman–Crippen LogP) is 4.44. The van der Waals surface area contributed by atoms with Crippen LogP contribution < -0.4 is 10.1 Å².